The van der Waals surface area contributed by atoms with Crippen LogP contribution in [0.25, 0.3) is 22.1 Å². The molecule has 12 rings (SSSR count). The lowest BCUT2D eigenvalue weighted by Gasteiger charge is -2.47. The SMILES string of the molecule is CC(C)[Si](O)(O[Si](O[C@H]1[C@H]2OP(=O)(S)OC[C@H]3C[C@@H](Oc4ccncn4)C[C@@H]3OP(O)(=S)OC[C@H]1O[C@H]2n1ccc2c(=O)[nH]c(N)nc21)(C(C)C)C(C)C)C(C)C.Nc1nc2c(ccn2[C@@H]2O[C@@H]3COP(O)(=S)O[C@H]4C[C@H](Oc5ccncn5)C[C@@H]4COP(O)(=S)O[C@@H]2[C@@H]3O)c(=O)[nH]1. The summed E-state index contributed by atoms with van der Waals surface area (Å²) < 4.78 is 104. The van der Waals surface area contributed by atoms with Gasteiger partial charge in [0.2, 0.25) is 23.7 Å². The molecule has 18 atom stereocenters. The van der Waals surface area contributed by atoms with E-state index >= 15 is 0 Å². The third kappa shape index (κ3) is 17.0. The molecule has 6 fully saturated rings. The van der Waals surface area contributed by atoms with E-state index < -0.39 is 134 Å². The van der Waals surface area contributed by atoms with Crippen LogP contribution < -0.4 is 32.1 Å². The van der Waals surface area contributed by atoms with Gasteiger partial charge >= 0.3 is 44.1 Å². The number of aliphatic hydroxyl groups is 1. The number of nitrogens with zero attached hydrogens (tertiary/aromatic N) is 8. The molecule has 34 nitrogen and oxygen atoms in total. The van der Waals surface area contributed by atoms with Gasteiger partial charge in [0.15, 0.2) is 23.8 Å². The van der Waals surface area contributed by atoms with Crippen LogP contribution in [0, 0.1) is 11.8 Å². The van der Waals surface area contributed by atoms with Crippen LogP contribution in [0.5, 0.6) is 11.8 Å². The van der Waals surface area contributed by atoms with Gasteiger partial charge in [-0.1, -0.05) is 67.6 Å². The highest BCUT2D eigenvalue weighted by Crippen LogP contribution is 2.61. The molecule has 0 radical (unpaired) electrons. The molecule has 4 bridgehead atoms. The van der Waals surface area contributed by atoms with Crippen molar-refractivity contribution in [2.45, 2.75) is 177 Å². The van der Waals surface area contributed by atoms with Crippen molar-refractivity contribution in [3.63, 3.8) is 0 Å². The molecule has 4 saturated heterocycles. The number of ether oxygens (including phenoxy) is 4. The molecular formula is C54H80N12O22P4S4Si2. The van der Waals surface area contributed by atoms with E-state index in [1.807, 2.05) is 55.4 Å². The van der Waals surface area contributed by atoms with E-state index in [1.54, 1.807) is 36.8 Å². The van der Waals surface area contributed by atoms with Gasteiger partial charge in [-0.25, -0.2) is 24.5 Å². The number of nitrogen functional groups attached to an aromatic ring is 2. The van der Waals surface area contributed by atoms with Crippen molar-refractivity contribution < 1.29 is 92.8 Å². The van der Waals surface area contributed by atoms with E-state index in [1.165, 1.54) is 34.1 Å². The summed E-state index contributed by atoms with van der Waals surface area (Å²) in [6.07, 6.45) is -1.59. The number of hydrogen-bond acceptors (Lipinski definition) is 30. The molecule has 540 valence electrons. The van der Waals surface area contributed by atoms with Gasteiger partial charge in [-0.2, -0.15) is 9.97 Å². The van der Waals surface area contributed by atoms with Gasteiger partial charge < -0.3 is 99.8 Å². The number of anilines is 2. The molecule has 44 heteroatoms. The van der Waals surface area contributed by atoms with Crippen molar-refractivity contribution in [1.29, 1.82) is 0 Å². The van der Waals surface area contributed by atoms with Gasteiger partial charge in [-0.15, -0.1) is 0 Å². The Morgan fingerprint density at radius 3 is 1.54 bits per heavy atom. The van der Waals surface area contributed by atoms with E-state index in [-0.39, 0.29) is 95.1 Å². The summed E-state index contributed by atoms with van der Waals surface area (Å²) in [5.74, 6) is -0.461. The number of aliphatic hydroxyl groups excluding tert-OH is 1. The van der Waals surface area contributed by atoms with Crippen LogP contribution in [0.1, 0.15) is 93.5 Å². The Morgan fingerprint density at radius 1 is 0.622 bits per heavy atom. The maximum Gasteiger partial charge on any atom is 0.386 e. The van der Waals surface area contributed by atoms with Crippen molar-refractivity contribution in [3.05, 3.63) is 82.4 Å². The molecule has 10 heterocycles. The van der Waals surface area contributed by atoms with Crippen LogP contribution in [0.3, 0.4) is 0 Å². The van der Waals surface area contributed by atoms with E-state index in [0.29, 0.717) is 31.0 Å². The summed E-state index contributed by atoms with van der Waals surface area (Å²) in [5.41, 5.74) is 10.2. The Kier molecular flexibility index (Phi) is 23.4. The van der Waals surface area contributed by atoms with Crippen LogP contribution in [0.15, 0.2) is 71.3 Å². The zero-order valence-corrected chi connectivity index (χ0v) is 63.1. The number of thiol groups is 1. The van der Waals surface area contributed by atoms with Crippen LogP contribution in [0.2, 0.25) is 22.2 Å². The maximum atomic E-state index is 14.5. The fourth-order valence-corrected chi connectivity index (χ4v) is 28.9. The standard InChI is InChI=1S/C33H54N6O12P2S2Si2.C21H26N6O10P2S2/c1-18(2)56(43,19(3)4)51-57(20(5)6,21(7)8)50-28-26-16-45-52(41,54)48-25-14-23(46-27-9-11-35-17-36-27)13-22(25)15-44-53(42,55)49-29(28)32(47-26)39-12-10-24-30(39)37-33(34)38-31(24)40;22-21-25-18-12(19(29)26-21)2-4-27(18)20-17-16(28)14(35-20)8-33-38(30,40)36-13-6-11(34-15-1-3-23-9-24-15)5-10(13)7-32-39(31,41)37-17/h9-12,17-23,25-26,28-29,32,43H,13-16H2,1-8H3,(H,41,54)(H,42,55)(H3,34,37,38,40);1-4,9-11,13-14,16-17,20,28H,5-8H2,(H,30,40)(H,31,41)(H3,22,25,26,29)/t22-,23-,25+,26-,28-,29-,32-,52?,53?;10-,11-,13+,14-,16-,17-,20-,38?,39?/m11/s1. The lowest BCUT2D eigenvalue weighted by molar-refractivity contribution is -0.0509. The second kappa shape index (κ2) is 30.3. The molecule has 6 aliphatic rings. The zero-order valence-electron chi connectivity index (χ0n) is 54.2. The minimum atomic E-state index is -4.30. The first-order chi connectivity index (χ1) is 46.1. The van der Waals surface area contributed by atoms with Crippen LogP contribution >= 0.6 is 39.2 Å². The minimum absolute atomic E-state index is 0.130. The van der Waals surface area contributed by atoms with E-state index in [0.717, 1.165) is 0 Å². The molecule has 0 spiro atoms. The lowest BCUT2D eigenvalue weighted by Crippen LogP contribution is -2.62. The zero-order chi connectivity index (χ0) is 70.6. The van der Waals surface area contributed by atoms with Gasteiger partial charge in [0, 0.05) is 61.6 Å². The molecule has 0 amide bonds. The number of H-pyrrole nitrogens is 2. The monoisotopic (exact) mass is 1560 g/mol. The normalized spacial score (nSPS) is 34.4. The third-order valence-electron chi connectivity index (χ3n) is 17.9. The first-order valence-electron chi connectivity index (χ1n) is 31.4. The van der Waals surface area contributed by atoms with E-state index in [9.17, 15) is 38.7 Å². The predicted octanol–water partition coefficient (Wildman–Crippen LogP) is 6.31. The highest BCUT2D eigenvalue weighted by Gasteiger charge is 2.61. The van der Waals surface area contributed by atoms with Gasteiger partial charge in [0.1, 0.15) is 61.5 Å². The number of hydrogen-bond donors (Lipinski definition) is 10. The topological polar surface area (TPSA) is 452 Å². The minimum Gasteiger partial charge on any atom is -0.474 e. The molecule has 98 heavy (non-hydrogen) atoms. The van der Waals surface area contributed by atoms with E-state index in [2.05, 4.69) is 52.1 Å². The number of nitrogens with two attached hydrogens (primary N) is 2. The highest BCUT2D eigenvalue weighted by atomic mass is 32.7. The van der Waals surface area contributed by atoms with Crippen molar-refractivity contribution >= 4 is 126 Å². The van der Waals surface area contributed by atoms with Crippen molar-refractivity contribution in [3.8, 4) is 11.8 Å². The van der Waals surface area contributed by atoms with Gasteiger partial charge in [0.25, 0.3) is 11.1 Å². The number of nitrogens with one attached hydrogen (secondary N) is 2. The molecule has 0 aromatic carbocycles. The lowest BCUT2D eigenvalue weighted by atomic mass is 10.1. The Labute approximate surface area is 584 Å². The maximum absolute atomic E-state index is 14.5. The van der Waals surface area contributed by atoms with Crippen molar-refractivity contribution in [2.75, 3.05) is 37.9 Å². The average Bonchev–Trinajstić information content (AvgIpc) is 1.57. The van der Waals surface area contributed by atoms with Gasteiger partial charge in [-0.05, 0) is 82.6 Å². The number of aromatic amines is 2. The summed E-state index contributed by atoms with van der Waals surface area (Å²) in [6.45, 7) is -1.55. The highest BCUT2D eigenvalue weighted by molar-refractivity contribution is 8.44. The Hall–Kier alpha value is -3.52. The Bertz CT molecular complexity index is 4110. The summed E-state index contributed by atoms with van der Waals surface area (Å²) in [6, 6.07) is 6.26. The summed E-state index contributed by atoms with van der Waals surface area (Å²) >= 11 is 20.6. The van der Waals surface area contributed by atoms with Crippen molar-refractivity contribution in [1.82, 2.24) is 49.0 Å². The largest absolute Gasteiger partial charge is 0.474 e. The molecule has 6 aromatic rings. The van der Waals surface area contributed by atoms with Crippen LogP contribution in [-0.2, 0) is 94.2 Å². The smallest absolute Gasteiger partial charge is 0.386 e. The molecule has 6 aromatic heterocycles. The van der Waals surface area contributed by atoms with Crippen LogP contribution in [-0.4, -0.2) is 178 Å². The first-order valence-corrected chi connectivity index (χ1v) is 45.9. The second-order valence-corrected chi connectivity index (χ2v) is 45.6. The second-order valence-electron chi connectivity index (χ2n) is 25.7. The Balaban J connectivity index is 0.000000209. The first kappa shape index (κ1) is 75.6. The average molecular weight is 1560 g/mol. The van der Waals surface area contributed by atoms with Gasteiger partial charge in [-0.3, -0.25) is 28.6 Å². The third-order valence-corrected chi connectivity index (χ3v) is 34.0. The summed E-state index contributed by atoms with van der Waals surface area (Å²) in [7, 11) is -7.04. The Morgan fingerprint density at radius 2 is 1.07 bits per heavy atom. The predicted molar refractivity (Wildman–Crippen MR) is 371 cm³/mol. The number of aromatic nitrogens is 10. The van der Waals surface area contributed by atoms with Gasteiger partial charge in [0.05, 0.1) is 49.4 Å². The molecule has 4 unspecified atom stereocenters. The molecule has 4 aliphatic heterocycles. The fraction of sp³-hybridized carbons (Fsp3) is 0.630. The quantitative estimate of drug-likeness (QED) is 0.0324. The number of rotatable bonds is 14. The number of fused-ring (bicyclic) bond motifs is 8. The molecular weight excluding hydrogens is 1480 g/mol. The molecule has 2 saturated carbocycles. The van der Waals surface area contributed by atoms with E-state index in [4.69, 9.17) is 111 Å². The summed E-state index contributed by atoms with van der Waals surface area (Å²) in [4.78, 5) is 100. The molecule has 2 aliphatic carbocycles. The van der Waals surface area contributed by atoms with Crippen molar-refractivity contribution in [2.24, 2.45) is 11.8 Å². The molecule has 11 N–H and O–H groups in total. The summed E-state index contributed by atoms with van der Waals surface area (Å²) in [5, 5.41) is 11.5. The fourth-order valence-electron chi connectivity index (χ4n) is 13.0. The van der Waals surface area contributed by atoms with Crippen LogP contribution in [0.4, 0.5) is 11.9 Å².